The van der Waals surface area contributed by atoms with Crippen molar-refractivity contribution >= 4 is 11.8 Å². The maximum Gasteiger partial charge on any atom is 0.122 e. The molecule has 1 aromatic carbocycles. The fourth-order valence-corrected chi connectivity index (χ4v) is 2.84. The fraction of sp³-hybridized carbons (Fsp3) is 0.600. The van der Waals surface area contributed by atoms with Gasteiger partial charge in [0.05, 0.1) is 7.11 Å². The van der Waals surface area contributed by atoms with Gasteiger partial charge in [-0.15, -0.1) is 0 Å². The number of benzene rings is 1. The first-order valence-corrected chi connectivity index (χ1v) is 7.80. The molecule has 0 aliphatic carbocycles. The van der Waals surface area contributed by atoms with E-state index in [9.17, 15) is 0 Å². The van der Waals surface area contributed by atoms with Crippen molar-refractivity contribution in [1.29, 1.82) is 0 Å². The summed E-state index contributed by atoms with van der Waals surface area (Å²) in [6.45, 7) is 4.46. The highest BCUT2D eigenvalue weighted by Crippen LogP contribution is 2.27. The summed E-state index contributed by atoms with van der Waals surface area (Å²) in [7, 11) is 3.67. The average molecular weight is 283 g/mol. The first-order chi connectivity index (χ1) is 9.12. The van der Waals surface area contributed by atoms with Gasteiger partial charge in [0.2, 0.25) is 0 Å². The van der Waals surface area contributed by atoms with Gasteiger partial charge >= 0.3 is 0 Å². The third kappa shape index (κ3) is 5.05. The fourth-order valence-electron chi connectivity index (χ4n) is 1.77. The minimum Gasteiger partial charge on any atom is -0.496 e. The van der Waals surface area contributed by atoms with Crippen molar-refractivity contribution in [2.24, 2.45) is 5.92 Å². The molecule has 0 saturated carbocycles. The molecule has 2 N–H and O–H groups in total. The van der Waals surface area contributed by atoms with Gasteiger partial charge in [-0.25, -0.2) is 0 Å². The molecule has 19 heavy (non-hydrogen) atoms. The molecule has 0 bridgehead atoms. The number of hydrogen-bond donors (Lipinski definition) is 2. The minimum absolute atomic E-state index is 0.251. The number of aliphatic hydroxyl groups is 1. The largest absolute Gasteiger partial charge is 0.496 e. The zero-order chi connectivity index (χ0) is 14.3. The molecule has 0 aromatic heterocycles. The van der Waals surface area contributed by atoms with Crippen molar-refractivity contribution in [2.45, 2.75) is 25.6 Å². The third-order valence-corrected chi connectivity index (χ3v) is 4.53. The van der Waals surface area contributed by atoms with E-state index in [-0.39, 0.29) is 6.61 Å². The monoisotopic (exact) mass is 283 g/mol. The second-order valence-electron chi connectivity index (χ2n) is 4.88. The third-order valence-electron chi connectivity index (χ3n) is 3.21. The van der Waals surface area contributed by atoms with Gasteiger partial charge in [-0.2, -0.15) is 11.8 Å². The van der Waals surface area contributed by atoms with Gasteiger partial charge in [-0.05, 0) is 43.3 Å². The van der Waals surface area contributed by atoms with Crippen LogP contribution in [0.15, 0.2) is 18.2 Å². The Hall–Kier alpha value is -0.710. The van der Waals surface area contributed by atoms with Crippen LogP contribution >= 0.6 is 11.8 Å². The molecule has 0 amide bonds. The van der Waals surface area contributed by atoms with Crippen LogP contribution in [0.5, 0.6) is 5.75 Å². The van der Waals surface area contributed by atoms with Crippen LogP contribution in [-0.2, 0) is 5.75 Å². The molecular formula is C15H25NO2S. The first kappa shape index (κ1) is 16.3. The van der Waals surface area contributed by atoms with E-state index in [1.165, 1.54) is 11.1 Å². The molecule has 0 saturated heterocycles. The SMILES string of the molecule is CNC(C)c1ccc(OC)c(CSCC(C)CO)c1. The lowest BCUT2D eigenvalue weighted by Crippen LogP contribution is -2.12. The summed E-state index contributed by atoms with van der Waals surface area (Å²) >= 11 is 1.84. The van der Waals surface area contributed by atoms with Crippen molar-refractivity contribution in [2.75, 3.05) is 26.5 Å². The summed E-state index contributed by atoms with van der Waals surface area (Å²) in [5.41, 5.74) is 2.49. The Balaban J connectivity index is 2.73. The van der Waals surface area contributed by atoms with Crippen LogP contribution in [0.3, 0.4) is 0 Å². The molecule has 3 nitrogen and oxygen atoms in total. The summed E-state index contributed by atoms with van der Waals surface area (Å²) < 4.78 is 5.41. The number of nitrogens with one attached hydrogen (secondary N) is 1. The maximum absolute atomic E-state index is 9.04. The van der Waals surface area contributed by atoms with E-state index in [1.807, 2.05) is 24.9 Å². The van der Waals surface area contributed by atoms with E-state index in [1.54, 1.807) is 7.11 Å². The van der Waals surface area contributed by atoms with Crippen molar-refractivity contribution in [3.05, 3.63) is 29.3 Å². The molecule has 108 valence electrons. The minimum atomic E-state index is 0.251. The molecule has 0 aliphatic rings. The van der Waals surface area contributed by atoms with E-state index < -0.39 is 0 Å². The van der Waals surface area contributed by atoms with Crippen LogP contribution in [0.2, 0.25) is 0 Å². The zero-order valence-corrected chi connectivity index (χ0v) is 13.1. The first-order valence-electron chi connectivity index (χ1n) is 6.65. The van der Waals surface area contributed by atoms with Crippen LogP contribution in [0, 0.1) is 5.92 Å². The smallest absolute Gasteiger partial charge is 0.122 e. The lowest BCUT2D eigenvalue weighted by atomic mass is 10.1. The molecule has 1 rings (SSSR count). The molecule has 2 atom stereocenters. The Morgan fingerprint density at radius 1 is 1.37 bits per heavy atom. The van der Waals surface area contributed by atoms with Crippen molar-refractivity contribution in [1.82, 2.24) is 5.32 Å². The Bertz CT molecular complexity index is 384. The predicted octanol–water partition coefficient (Wildman–Crippen LogP) is 2.84. The van der Waals surface area contributed by atoms with Crippen LogP contribution in [0.4, 0.5) is 0 Å². The van der Waals surface area contributed by atoms with Crippen LogP contribution in [-0.4, -0.2) is 31.6 Å². The van der Waals surface area contributed by atoms with Crippen LogP contribution in [0.25, 0.3) is 0 Å². The maximum atomic E-state index is 9.04. The van der Waals surface area contributed by atoms with Gasteiger partial charge in [0.1, 0.15) is 5.75 Å². The number of hydrogen-bond acceptors (Lipinski definition) is 4. The van der Waals surface area contributed by atoms with Crippen molar-refractivity contribution < 1.29 is 9.84 Å². The van der Waals surface area contributed by atoms with Gasteiger partial charge < -0.3 is 15.2 Å². The Labute approximate surface area is 120 Å². The lowest BCUT2D eigenvalue weighted by Gasteiger charge is -2.15. The van der Waals surface area contributed by atoms with Gasteiger partial charge in [0.25, 0.3) is 0 Å². The Kier molecular flexibility index (Phi) is 7.28. The van der Waals surface area contributed by atoms with Crippen molar-refractivity contribution in [3.8, 4) is 5.75 Å². The quantitative estimate of drug-likeness (QED) is 0.770. The summed E-state index contributed by atoms with van der Waals surface area (Å²) in [5, 5.41) is 12.3. The van der Waals surface area contributed by atoms with Crippen LogP contribution < -0.4 is 10.1 Å². The van der Waals surface area contributed by atoms with Crippen LogP contribution in [0.1, 0.15) is 31.0 Å². The highest BCUT2D eigenvalue weighted by molar-refractivity contribution is 7.98. The molecule has 2 unspecified atom stereocenters. The molecular weight excluding hydrogens is 258 g/mol. The molecule has 0 spiro atoms. The normalized spacial score (nSPS) is 14.2. The van der Waals surface area contributed by atoms with Gasteiger partial charge in [0.15, 0.2) is 0 Å². The number of methoxy groups -OCH3 is 1. The van der Waals surface area contributed by atoms with Gasteiger partial charge in [-0.1, -0.05) is 13.0 Å². The van der Waals surface area contributed by atoms with Gasteiger partial charge in [-0.3, -0.25) is 0 Å². The number of aliphatic hydroxyl groups excluding tert-OH is 1. The van der Waals surface area contributed by atoms with Gasteiger partial charge in [0, 0.05) is 24.0 Å². The van der Waals surface area contributed by atoms with E-state index in [0.29, 0.717) is 12.0 Å². The van der Waals surface area contributed by atoms with E-state index in [4.69, 9.17) is 9.84 Å². The number of ether oxygens (including phenoxy) is 1. The molecule has 1 aromatic rings. The molecule has 0 heterocycles. The summed E-state index contributed by atoms with van der Waals surface area (Å²) in [4.78, 5) is 0. The zero-order valence-electron chi connectivity index (χ0n) is 12.3. The van der Waals surface area contributed by atoms with E-state index in [0.717, 1.165) is 17.3 Å². The number of rotatable bonds is 8. The predicted molar refractivity (Wildman–Crippen MR) is 82.9 cm³/mol. The standard InChI is InChI=1S/C15H25NO2S/c1-11(8-17)9-19-10-14-7-13(12(2)16-3)5-6-15(14)18-4/h5-7,11-12,16-17H,8-10H2,1-4H3. The molecule has 0 radical (unpaired) electrons. The highest BCUT2D eigenvalue weighted by atomic mass is 32.2. The van der Waals surface area contributed by atoms with E-state index in [2.05, 4.69) is 31.3 Å². The molecule has 0 fully saturated rings. The Morgan fingerprint density at radius 3 is 2.68 bits per heavy atom. The second-order valence-corrected chi connectivity index (χ2v) is 5.91. The molecule has 4 heteroatoms. The van der Waals surface area contributed by atoms with Crippen molar-refractivity contribution in [3.63, 3.8) is 0 Å². The van der Waals surface area contributed by atoms with E-state index >= 15 is 0 Å². The summed E-state index contributed by atoms with van der Waals surface area (Å²) in [5.74, 6) is 3.16. The topological polar surface area (TPSA) is 41.5 Å². The summed E-state index contributed by atoms with van der Waals surface area (Å²) in [6.07, 6.45) is 0. The highest BCUT2D eigenvalue weighted by Gasteiger charge is 2.09. The molecule has 0 aliphatic heterocycles. The average Bonchev–Trinajstić information content (AvgIpc) is 2.45. The lowest BCUT2D eigenvalue weighted by molar-refractivity contribution is 0.250. The number of thioether (sulfide) groups is 1. The second kappa shape index (κ2) is 8.46. The Morgan fingerprint density at radius 2 is 2.11 bits per heavy atom. The summed E-state index contributed by atoms with van der Waals surface area (Å²) in [6, 6.07) is 6.68.